The molecule has 0 aliphatic rings. The number of fused-ring (bicyclic) bond motifs is 1. The first kappa shape index (κ1) is 26.7. The molecular formula is C32H30FN3O2S. The van der Waals surface area contributed by atoms with Crippen LogP contribution in [0.1, 0.15) is 36.5 Å². The Hall–Kier alpha value is -3.94. The molecule has 0 aliphatic carbocycles. The number of ether oxygens (including phenoxy) is 1. The molecule has 198 valence electrons. The van der Waals surface area contributed by atoms with Crippen LogP contribution in [-0.4, -0.2) is 22.3 Å². The number of carbonyl (C=O) groups is 1. The number of nitrogens with zero attached hydrogens (tertiary/aromatic N) is 2. The molecular weight excluding hydrogens is 509 g/mol. The molecule has 0 atom stereocenters. The number of carbonyl (C=O) groups excluding carboxylic acids is 1. The molecule has 0 bridgehead atoms. The highest BCUT2D eigenvalue weighted by molar-refractivity contribution is 7.22. The molecule has 0 fully saturated rings. The second-order valence-corrected chi connectivity index (χ2v) is 10.5. The van der Waals surface area contributed by atoms with Crippen molar-refractivity contribution < 1.29 is 13.9 Å². The van der Waals surface area contributed by atoms with E-state index in [0.29, 0.717) is 24.2 Å². The van der Waals surface area contributed by atoms with E-state index < -0.39 is 5.82 Å². The summed E-state index contributed by atoms with van der Waals surface area (Å²) >= 11 is 1.51. The van der Waals surface area contributed by atoms with Crippen molar-refractivity contribution in [2.75, 3.05) is 6.54 Å². The van der Waals surface area contributed by atoms with E-state index in [-0.39, 0.29) is 18.0 Å². The third-order valence-electron chi connectivity index (χ3n) is 6.36. The summed E-state index contributed by atoms with van der Waals surface area (Å²) in [6.07, 6.45) is 5.93. The molecule has 0 saturated heterocycles. The van der Waals surface area contributed by atoms with Gasteiger partial charge in [0.1, 0.15) is 11.5 Å². The Morgan fingerprint density at radius 3 is 2.56 bits per heavy atom. The van der Waals surface area contributed by atoms with Crippen molar-refractivity contribution in [3.8, 4) is 22.1 Å². The molecule has 3 aromatic heterocycles. The number of thiophene rings is 1. The number of pyridine rings is 2. The highest BCUT2D eigenvalue weighted by atomic mass is 32.1. The maximum atomic E-state index is 15.0. The molecule has 1 N–H and O–H groups in total. The van der Waals surface area contributed by atoms with Gasteiger partial charge in [-0.2, -0.15) is 0 Å². The molecule has 0 spiro atoms. The van der Waals surface area contributed by atoms with Gasteiger partial charge in [0.25, 0.3) is 0 Å². The van der Waals surface area contributed by atoms with Crippen LogP contribution in [0.4, 0.5) is 4.39 Å². The summed E-state index contributed by atoms with van der Waals surface area (Å²) in [6, 6.07) is 22.4. The first-order valence-corrected chi connectivity index (χ1v) is 14.0. The lowest BCUT2D eigenvalue weighted by molar-refractivity contribution is -0.118. The van der Waals surface area contributed by atoms with Gasteiger partial charge in [0.2, 0.25) is 0 Å². The van der Waals surface area contributed by atoms with E-state index in [0.717, 1.165) is 51.4 Å². The van der Waals surface area contributed by atoms with Crippen molar-refractivity contribution in [3.63, 3.8) is 0 Å². The van der Waals surface area contributed by atoms with E-state index >= 15 is 0 Å². The smallest absolute Gasteiger partial charge is 0.166 e. The van der Waals surface area contributed by atoms with Gasteiger partial charge in [0.15, 0.2) is 11.6 Å². The van der Waals surface area contributed by atoms with E-state index in [1.165, 1.54) is 17.4 Å². The standard InChI is InChI=1S/C32H30FN3O2S/c1-2-15-34-20-24-9-12-27(36-21-24)31-19-28-32(39-31)30(14-16-35-28)38-29-13-10-23(18-26(29)33)17-25(37)11-8-22-6-4-3-5-7-22/h3-7,9-10,12-14,16,18-19,21,34H,2,8,11,15,17,20H2,1H3. The molecule has 0 saturated carbocycles. The van der Waals surface area contributed by atoms with Crippen LogP contribution in [0.3, 0.4) is 0 Å². The molecule has 5 aromatic rings. The van der Waals surface area contributed by atoms with Crippen molar-refractivity contribution in [2.45, 2.75) is 39.2 Å². The van der Waals surface area contributed by atoms with E-state index in [2.05, 4.69) is 28.3 Å². The number of benzene rings is 2. The topological polar surface area (TPSA) is 64.1 Å². The minimum Gasteiger partial charge on any atom is -0.453 e. The van der Waals surface area contributed by atoms with E-state index in [4.69, 9.17) is 4.74 Å². The van der Waals surface area contributed by atoms with Crippen LogP contribution in [0.2, 0.25) is 0 Å². The SMILES string of the molecule is CCCNCc1ccc(-c2cc3nccc(Oc4ccc(CC(=O)CCc5ccccc5)cc4F)c3s2)nc1. The average Bonchev–Trinajstić information content (AvgIpc) is 3.40. The van der Waals surface area contributed by atoms with Gasteiger partial charge in [0.05, 0.1) is 20.8 Å². The summed E-state index contributed by atoms with van der Waals surface area (Å²) < 4.78 is 21.8. The van der Waals surface area contributed by atoms with E-state index in [1.807, 2.05) is 48.7 Å². The minimum atomic E-state index is -0.501. The summed E-state index contributed by atoms with van der Waals surface area (Å²) in [4.78, 5) is 22.5. The van der Waals surface area contributed by atoms with Crippen molar-refractivity contribution in [3.05, 3.63) is 108 Å². The van der Waals surface area contributed by atoms with Crippen LogP contribution in [-0.2, 0) is 24.2 Å². The van der Waals surface area contributed by atoms with E-state index in [1.54, 1.807) is 24.4 Å². The zero-order valence-electron chi connectivity index (χ0n) is 21.8. The second kappa shape index (κ2) is 12.7. The van der Waals surface area contributed by atoms with Crippen molar-refractivity contribution in [2.24, 2.45) is 0 Å². The van der Waals surface area contributed by atoms with Crippen molar-refractivity contribution in [1.82, 2.24) is 15.3 Å². The summed E-state index contributed by atoms with van der Waals surface area (Å²) in [5.41, 5.74) is 4.51. The largest absolute Gasteiger partial charge is 0.453 e. The van der Waals surface area contributed by atoms with Crippen LogP contribution < -0.4 is 10.1 Å². The van der Waals surface area contributed by atoms with Crippen LogP contribution >= 0.6 is 11.3 Å². The highest BCUT2D eigenvalue weighted by Crippen LogP contribution is 2.39. The Labute approximate surface area is 231 Å². The van der Waals surface area contributed by atoms with Gasteiger partial charge in [-0.25, -0.2) is 4.39 Å². The van der Waals surface area contributed by atoms with Gasteiger partial charge in [-0.1, -0.05) is 49.4 Å². The maximum Gasteiger partial charge on any atom is 0.166 e. The van der Waals surface area contributed by atoms with Crippen LogP contribution in [0, 0.1) is 5.82 Å². The lowest BCUT2D eigenvalue weighted by atomic mass is 10.0. The number of hydrogen-bond acceptors (Lipinski definition) is 6. The summed E-state index contributed by atoms with van der Waals surface area (Å²) in [7, 11) is 0. The van der Waals surface area contributed by atoms with Crippen LogP contribution in [0.25, 0.3) is 20.8 Å². The molecule has 5 rings (SSSR count). The zero-order chi connectivity index (χ0) is 27.0. The molecule has 5 nitrogen and oxygen atoms in total. The number of rotatable bonds is 12. The van der Waals surface area contributed by atoms with Gasteiger partial charge in [-0.3, -0.25) is 14.8 Å². The molecule has 2 aromatic carbocycles. The third-order valence-corrected chi connectivity index (χ3v) is 7.52. The Morgan fingerprint density at radius 2 is 1.79 bits per heavy atom. The van der Waals surface area contributed by atoms with Crippen molar-refractivity contribution >= 4 is 27.3 Å². The maximum absolute atomic E-state index is 15.0. The molecule has 0 amide bonds. The van der Waals surface area contributed by atoms with Crippen LogP contribution in [0.15, 0.2) is 85.2 Å². The quantitative estimate of drug-likeness (QED) is 0.166. The van der Waals surface area contributed by atoms with Gasteiger partial charge < -0.3 is 10.1 Å². The predicted molar refractivity (Wildman–Crippen MR) is 155 cm³/mol. The van der Waals surface area contributed by atoms with Gasteiger partial charge >= 0.3 is 0 Å². The Balaban J connectivity index is 1.26. The third kappa shape index (κ3) is 6.93. The number of hydrogen-bond donors (Lipinski definition) is 1. The van der Waals surface area contributed by atoms with Gasteiger partial charge in [-0.15, -0.1) is 11.3 Å². The second-order valence-electron chi connectivity index (χ2n) is 9.43. The number of aryl methyl sites for hydroxylation is 1. The zero-order valence-corrected chi connectivity index (χ0v) is 22.6. The Kier molecular flexibility index (Phi) is 8.71. The lowest BCUT2D eigenvalue weighted by Crippen LogP contribution is -2.13. The number of aromatic nitrogens is 2. The molecule has 0 aliphatic heterocycles. The van der Waals surface area contributed by atoms with Crippen LogP contribution in [0.5, 0.6) is 11.5 Å². The molecule has 0 radical (unpaired) electrons. The first-order valence-electron chi connectivity index (χ1n) is 13.2. The monoisotopic (exact) mass is 539 g/mol. The molecule has 3 heterocycles. The predicted octanol–water partition coefficient (Wildman–Crippen LogP) is 7.53. The fourth-order valence-electron chi connectivity index (χ4n) is 4.31. The first-order chi connectivity index (χ1) is 19.1. The Morgan fingerprint density at radius 1 is 0.949 bits per heavy atom. The highest BCUT2D eigenvalue weighted by Gasteiger charge is 2.14. The molecule has 7 heteroatoms. The number of Topliss-reactive ketones (excluding diaryl/α,β-unsaturated/α-hetero) is 1. The van der Waals surface area contributed by atoms with Crippen molar-refractivity contribution in [1.29, 1.82) is 0 Å². The average molecular weight is 540 g/mol. The van der Waals surface area contributed by atoms with Gasteiger partial charge in [0, 0.05) is 37.8 Å². The normalized spacial score (nSPS) is 11.1. The molecule has 0 unspecified atom stereocenters. The number of nitrogens with one attached hydrogen (secondary N) is 1. The molecule has 39 heavy (non-hydrogen) atoms. The van der Waals surface area contributed by atoms with E-state index in [9.17, 15) is 9.18 Å². The fraction of sp³-hybridized carbons (Fsp3) is 0.219. The summed E-state index contributed by atoms with van der Waals surface area (Å²) in [5, 5.41) is 3.38. The minimum absolute atomic E-state index is 0.0766. The van der Waals surface area contributed by atoms with Gasteiger partial charge in [-0.05, 0) is 60.3 Å². The summed E-state index contributed by atoms with van der Waals surface area (Å²) in [5.74, 6) is 0.217. The Bertz CT molecular complexity index is 1550. The fourth-order valence-corrected chi connectivity index (χ4v) is 5.35. The number of halogens is 1. The number of ketones is 1. The lowest BCUT2D eigenvalue weighted by Gasteiger charge is -2.09. The summed E-state index contributed by atoms with van der Waals surface area (Å²) in [6.45, 7) is 3.91.